The van der Waals surface area contributed by atoms with Crippen molar-refractivity contribution in [3.63, 3.8) is 0 Å². The molecule has 11 nitrogen and oxygen atoms in total. The van der Waals surface area contributed by atoms with Gasteiger partial charge in [-0.3, -0.25) is 9.59 Å². The minimum Gasteiger partial charge on any atom is -0.693 e. The molecule has 0 bridgehead atoms. The summed E-state index contributed by atoms with van der Waals surface area (Å²) in [7, 11) is -3.04. The van der Waals surface area contributed by atoms with Gasteiger partial charge in [-0.2, -0.15) is 0 Å². The Labute approximate surface area is 125 Å². The summed E-state index contributed by atoms with van der Waals surface area (Å²) in [6.07, 6.45) is 0.518. The monoisotopic (exact) mass is 486 g/mol. The van der Waals surface area contributed by atoms with Gasteiger partial charge in [0.1, 0.15) is 0 Å². The molecule has 0 aliphatic rings. The van der Waals surface area contributed by atoms with Crippen molar-refractivity contribution in [1.82, 2.24) is 0 Å². The van der Waals surface area contributed by atoms with Crippen molar-refractivity contribution in [1.29, 1.82) is 0 Å². The number of hydrogen-bond acceptors (Lipinski definition) is 7. The Kier molecular flexibility index (Phi) is 32.4. The molecular weight excluding hydrogens is 468 g/mol. The van der Waals surface area contributed by atoms with Gasteiger partial charge >= 0.3 is 41.3 Å². The average Bonchev–Trinajstić information content (AvgIpc) is 2.18. The summed E-state index contributed by atoms with van der Waals surface area (Å²) >= 11 is 0. The molecule has 1 unspecified atom stereocenters. The third-order valence-electron chi connectivity index (χ3n) is 1.36. The van der Waals surface area contributed by atoms with E-state index in [1.165, 1.54) is 0 Å². The van der Waals surface area contributed by atoms with Gasteiger partial charge in [0.05, 0.1) is 0 Å². The van der Waals surface area contributed by atoms with E-state index in [9.17, 15) is 9.59 Å². The maximum absolute atomic E-state index is 10.2. The van der Waals surface area contributed by atoms with E-state index in [2.05, 4.69) is 4.67 Å². The minimum absolute atomic E-state index is 0. The van der Waals surface area contributed by atoms with Gasteiger partial charge in [-0.25, -0.2) is 5.26 Å². The van der Waals surface area contributed by atoms with Crippen LogP contribution in [0.5, 0.6) is 0 Å². The van der Waals surface area contributed by atoms with Gasteiger partial charge in [0.25, 0.3) is 0 Å². The second kappa shape index (κ2) is 19.8. The Morgan fingerprint density at radius 1 is 1.32 bits per heavy atom. The van der Waals surface area contributed by atoms with Gasteiger partial charge in [-0.1, -0.05) is 0 Å². The van der Waals surface area contributed by atoms with Gasteiger partial charge in [-0.15, -0.1) is 0 Å². The first-order chi connectivity index (χ1) is 7.36. The molecule has 0 aliphatic heterocycles. The molecule has 0 fully saturated rings. The molecule has 120 valence electrons. The molecule has 9 N–H and O–H groups in total. The molecule has 0 heterocycles. The van der Waals surface area contributed by atoms with Crippen LogP contribution in [0.1, 0.15) is 14.3 Å². The standard InChI is InChI=1S/C6H11NO4.2H2N.HO4P.Pt.H2/c7-3-1-2-4(5(8)9)6(10)11;;;1-4-5(2)3;;/h4H,1-3,7H2,(H,8,9)(H,10,11);2*1H2;1H;;1H/q;2*-1;;+2;. The van der Waals surface area contributed by atoms with Gasteiger partial charge < -0.3 is 33.1 Å². The van der Waals surface area contributed by atoms with Crippen LogP contribution in [-0.4, -0.2) is 34.0 Å². The normalized spacial score (nSPS) is 8.74. The summed E-state index contributed by atoms with van der Waals surface area (Å²) in [5.41, 5.74) is 5.09. The smallest absolute Gasteiger partial charge is 0.693 e. The molecular formula is C6H18N3O8PPt. The van der Waals surface area contributed by atoms with Crippen LogP contribution < -0.4 is 10.6 Å². The molecule has 0 saturated carbocycles. The van der Waals surface area contributed by atoms with Crippen LogP contribution in [0.15, 0.2) is 0 Å². The zero-order valence-corrected chi connectivity index (χ0v) is 12.7. The van der Waals surface area contributed by atoms with Crippen LogP contribution >= 0.6 is 8.25 Å². The van der Waals surface area contributed by atoms with Crippen LogP contribution in [0.2, 0.25) is 0 Å². The van der Waals surface area contributed by atoms with Crippen LogP contribution in [0.25, 0.3) is 12.3 Å². The number of hydrogen-bond donors (Lipinski definition) is 4. The van der Waals surface area contributed by atoms with Crippen molar-refractivity contribution >= 4 is 20.2 Å². The molecule has 0 aliphatic carbocycles. The molecule has 0 aromatic carbocycles. The van der Waals surface area contributed by atoms with Crippen molar-refractivity contribution in [3.05, 3.63) is 12.3 Å². The Hall–Kier alpha value is -0.512. The number of carboxylic acids is 2. The molecule has 1 atom stereocenters. The average molecular weight is 486 g/mol. The fourth-order valence-corrected chi connectivity index (χ4v) is 0.675. The Morgan fingerprint density at radius 2 is 1.63 bits per heavy atom. The van der Waals surface area contributed by atoms with Gasteiger partial charge in [0.15, 0.2) is 5.92 Å². The summed E-state index contributed by atoms with van der Waals surface area (Å²) in [6, 6.07) is 0. The van der Waals surface area contributed by atoms with Crippen molar-refractivity contribution < 1.29 is 61.7 Å². The third kappa shape index (κ3) is 23.1. The van der Waals surface area contributed by atoms with Crippen LogP contribution in [-0.2, 0) is 39.9 Å². The Bertz CT molecular complexity index is 248. The summed E-state index contributed by atoms with van der Waals surface area (Å²) in [5.74, 6) is -3.91. The Balaban J connectivity index is -0.0000000482. The number of rotatable bonds is 6. The van der Waals surface area contributed by atoms with E-state index >= 15 is 0 Å². The summed E-state index contributed by atoms with van der Waals surface area (Å²) in [6.45, 7) is 0.317. The van der Waals surface area contributed by atoms with Gasteiger partial charge in [0, 0.05) is 6.10 Å². The number of carboxylic acid groups (broad SMARTS) is 2. The number of aliphatic carboxylic acids is 2. The molecule has 19 heavy (non-hydrogen) atoms. The molecule has 0 spiro atoms. The van der Waals surface area contributed by atoms with Crippen molar-refractivity contribution in [2.24, 2.45) is 11.7 Å². The van der Waals surface area contributed by atoms with E-state index in [-0.39, 0.29) is 41.2 Å². The summed E-state index contributed by atoms with van der Waals surface area (Å²) in [4.78, 5) is 29.4. The van der Waals surface area contributed by atoms with Crippen molar-refractivity contribution in [2.45, 2.75) is 12.8 Å². The van der Waals surface area contributed by atoms with E-state index in [4.69, 9.17) is 30.7 Å². The second-order valence-electron chi connectivity index (χ2n) is 2.47. The number of carbonyl (C=O) groups is 2. The molecule has 0 aromatic heterocycles. The minimum atomic E-state index is -3.04. The van der Waals surface area contributed by atoms with Crippen molar-refractivity contribution in [3.8, 4) is 0 Å². The predicted molar refractivity (Wildman–Crippen MR) is 61.1 cm³/mol. The van der Waals surface area contributed by atoms with E-state index in [0.29, 0.717) is 13.0 Å². The molecule has 0 rings (SSSR count). The largest absolute Gasteiger partial charge is 2.00 e. The quantitative estimate of drug-likeness (QED) is 0.178. The first kappa shape index (κ1) is 31.1. The molecule has 0 aromatic rings. The maximum Gasteiger partial charge on any atom is 2.00 e. The second-order valence-corrected chi connectivity index (χ2v) is 3.08. The van der Waals surface area contributed by atoms with Gasteiger partial charge in [0.2, 0.25) is 0 Å². The summed E-state index contributed by atoms with van der Waals surface area (Å²) in [5, 5.41) is 23.7. The SMILES string of the molecule is NCCCC(C(=O)O)C(=O)O.O=[P+]([O-])OO.[HH].[NH2-].[NH2-].[Pt+2]. The first-order valence-electron chi connectivity index (χ1n) is 3.98. The Morgan fingerprint density at radius 3 is 1.79 bits per heavy atom. The van der Waals surface area contributed by atoms with Crippen LogP contribution in [0.3, 0.4) is 0 Å². The van der Waals surface area contributed by atoms with Crippen molar-refractivity contribution in [2.75, 3.05) is 6.54 Å². The van der Waals surface area contributed by atoms with E-state index < -0.39 is 26.1 Å². The van der Waals surface area contributed by atoms with Crippen LogP contribution in [0.4, 0.5) is 0 Å². The van der Waals surface area contributed by atoms with Gasteiger partial charge in [-0.05, 0) is 24.0 Å². The maximum atomic E-state index is 10.2. The fraction of sp³-hybridized carbons (Fsp3) is 0.667. The molecule has 0 radical (unpaired) electrons. The van der Waals surface area contributed by atoms with Crippen LogP contribution in [0, 0.1) is 5.92 Å². The molecule has 0 amide bonds. The fourth-order valence-electron chi connectivity index (χ4n) is 0.675. The topological polar surface area (TPSA) is 237 Å². The molecule has 0 saturated heterocycles. The third-order valence-corrected chi connectivity index (χ3v) is 1.49. The zero-order valence-electron chi connectivity index (χ0n) is 9.58. The van der Waals surface area contributed by atoms with E-state index in [1.54, 1.807) is 0 Å². The molecule has 13 heteroatoms. The first-order valence-corrected chi connectivity index (χ1v) is 5.08. The van der Waals surface area contributed by atoms with E-state index in [0.717, 1.165) is 0 Å². The zero-order chi connectivity index (χ0) is 13.1. The predicted octanol–water partition coefficient (Wildman–Crippen LogP) is 0.682. The summed E-state index contributed by atoms with van der Waals surface area (Å²) < 4.78 is 11.6. The van der Waals surface area contributed by atoms with E-state index in [1.807, 2.05) is 0 Å². The number of nitrogens with two attached hydrogens (primary N) is 3.